The van der Waals surface area contributed by atoms with Crippen molar-refractivity contribution in [2.24, 2.45) is 0 Å². The van der Waals surface area contributed by atoms with Crippen LogP contribution in [0.15, 0.2) is 47.3 Å². The standard InChI is InChI=1S/C26H25ClN4O3S/c1-5-6-18-13-21(32)31-22(24(33)28-19-9-7-14(2)15(3)12-19)23(35-26(31)29-18)25(34)30-20-10-8-17(27)11-16(20)4/h7-13H,5-6H2,1-4H3,(H,28,33)(H,30,34). The molecule has 2 N–H and O–H groups in total. The molecule has 0 bridgehead atoms. The number of anilines is 2. The van der Waals surface area contributed by atoms with Crippen molar-refractivity contribution in [3.8, 4) is 0 Å². The molecule has 4 aromatic rings. The highest BCUT2D eigenvalue weighted by atomic mass is 35.5. The van der Waals surface area contributed by atoms with Crippen molar-refractivity contribution in [3.63, 3.8) is 0 Å². The summed E-state index contributed by atoms with van der Waals surface area (Å²) in [5.74, 6) is -1.07. The van der Waals surface area contributed by atoms with Crippen LogP contribution < -0.4 is 16.2 Å². The Morgan fingerprint density at radius 3 is 2.43 bits per heavy atom. The number of rotatable bonds is 6. The number of carbonyl (C=O) groups excluding carboxylic acids is 2. The predicted molar refractivity (Wildman–Crippen MR) is 141 cm³/mol. The number of aromatic nitrogens is 2. The fourth-order valence-electron chi connectivity index (χ4n) is 3.72. The van der Waals surface area contributed by atoms with E-state index in [4.69, 9.17) is 11.6 Å². The quantitative estimate of drug-likeness (QED) is 0.344. The zero-order valence-electron chi connectivity index (χ0n) is 19.9. The molecule has 2 aromatic carbocycles. The molecule has 9 heteroatoms. The summed E-state index contributed by atoms with van der Waals surface area (Å²) in [6.07, 6.45) is 1.44. The Hall–Kier alpha value is -3.49. The molecule has 0 atom stereocenters. The predicted octanol–water partition coefficient (Wildman–Crippen LogP) is 5.79. The molecule has 0 saturated heterocycles. The number of halogens is 1. The maximum atomic E-state index is 13.4. The molecule has 2 amide bonds. The molecule has 2 aromatic heterocycles. The second kappa shape index (κ2) is 10.0. The van der Waals surface area contributed by atoms with E-state index in [-0.39, 0.29) is 10.6 Å². The molecule has 0 spiro atoms. The molecule has 0 saturated carbocycles. The van der Waals surface area contributed by atoms with Crippen LogP contribution in [0.4, 0.5) is 11.4 Å². The minimum atomic E-state index is -0.565. The number of hydrogen-bond donors (Lipinski definition) is 2. The van der Waals surface area contributed by atoms with Gasteiger partial charge in [0.1, 0.15) is 10.6 Å². The summed E-state index contributed by atoms with van der Waals surface area (Å²) in [5.41, 5.74) is 4.18. The number of carbonyl (C=O) groups is 2. The van der Waals surface area contributed by atoms with E-state index in [1.165, 1.54) is 10.5 Å². The molecule has 0 fully saturated rings. The van der Waals surface area contributed by atoms with Gasteiger partial charge in [-0.3, -0.25) is 14.4 Å². The van der Waals surface area contributed by atoms with Gasteiger partial charge in [-0.15, -0.1) is 0 Å². The lowest BCUT2D eigenvalue weighted by Crippen LogP contribution is -2.25. The van der Waals surface area contributed by atoms with Crippen molar-refractivity contribution in [3.05, 3.63) is 90.8 Å². The van der Waals surface area contributed by atoms with Crippen molar-refractivity contribution in [2.45, 2.75) is 40.5 Å². The van der Waals surface area contributed by atoms with E-state index in [1.807, 2.05) is 39.8 Å². The zero-order valence-corrected chi connectivity index (χ0v) is 21.4. The van der Waals surface area contributed by atoms with Gasteiger partial charge in [0.05, 0.1) is 0 Å². The third kappa shape index (κ3) is 5.13. The molecule has 4 rings (SSSR count). The first-order valence-corrected chi connectivity index (χ1v) is 12.4. The average Bonchev–Trinajstić information content (AvgIpc) is 3.19. The smallest absolute Gasteiger partial charge is 0.274 e. The maximum Gasteiger partial charge on any atom is 0.274 e. The van der Waals surface area contributed by atoms with Crippen LogP contribution in [0.2, 0.25) is 5.02 Å². The molecule has 0 aliphatic carbocycles. The fourth-order valence-corrected chi connectivity index (χ4v) is 4.99. The Labute approximate surface area is 211 Å². The molecule has 0 aliphatic heterocycles. The van der Waals surface area contributed by atoms with Gasteiger partial charge in [0.25, 0.3) is 17.4 Å². The van der Waals surface area contributed by atoms with E-state index >= 15 is 0 Å². The van der Waals surface area contributed by atoms with Crippen molar-refractivity contribution < 1.29 is 9.59 Å². The molecule has 0 aliphatic rings. The number of hydrogen-bond acceptors (Lipinski definition) is 5. The van der Waals surface area contributed by atoms with Crippen molar-refractivity contribution in [1.29, 1.82) is 0 Å². The van der Waals surface area contributed by atoms with Gasteiger partial charge in [-0.05, 0) is 74.2 Å². The highest BCUT2D eigenvalue weighted by molar-refractivity contribution is 7.19. The number of benzene rings is 2. The van der Waals surface area contributed by atoms with E-state index in [9.17, 15) is 14.4 Å². The number of amides is 2. The van der Waals surface area contributed by atoms with Gasteiger partial charge in [-0.25, -0.2) is 9.38 Å². The van der Waals surface area contributed by atoms with E-state index in [2.05, 4.69) is 15.6 Å². The van der Waals surface area contributed by atoms with E-state index in [1.54, 1.807) is 24.3 Å². The Morgan fingerprint density at radius 1 is 0.971 bits per heavy atom. The Kier molecular flexibility index (Phi) is 7.05. The van der Waals surface area contributed by atoms with Crippen molar-refractivity contribution >= 4 is 51.1 Å². The van der Waals surface area contributed by atoms with Gasteiger partial charge < -0.3 is 10.6 Å². The van der Waals surface area contributed by atoms with Crippen LogP contribution in [0, 0.1) is 20.8 Å². The minimum absolute atomic E-state index is 0.0482. The van der Waals surface area contributed by atoms with Gasteiger partial charge in [-0.1, -0.05) is 42.3 Å². The highest BCUT2D eigenvalue weighted by Gasteiger charge is 2.27. The first-order chi connectivity index (χ1) is 16.7. The van der Waals surface area contributed by atoms with Gasteiger partial charge in [0.2, 0.25) is 0 Å². The largest absolute Gasteiger partial charge is 0.321 e. The summed E-state index contributed by atoms with van der Waals surface area (Å²) < 4.78 is 1.21. The second-order valence-corrected chi connectivity index (χ2v) is 9.81. The summed E-state index contributed by atoms with van der Waals surface area (Å²) in [6, 6.07) is 12.1. The third-order valence-corrected chi connectivity index (χ3v) is 6.98. The molecular formula is C26H25ClN4O3S. The van der Waals surface area contributed by atoms with Gasteiger partial charge in [0, 0.05) is 28.2 Å². The van der Waals surface area contributed by atoms with Gasteiger partial charge >= 0.3 is 0 Å². The summed E-state index contributed by atoms with van der Waals surface area (Å²) in [7, 11) is 0. The summed E-state index contributed by atoms with van der Waals surface area (Å²) in [6.45, 7) is 7.74. The van der Waals surface area contributed by atoms with E-state index in [0.717, 1.165) is 34.4 Å². The molecular weight excluding hydrogens is 484 g/mol. The molecule has 7 nitrogen and oxygen atoms in total. The van der Waals surface area contributed by atoms with E-state index in [0.29, 0.717) is 33.5 Å². The van der Waals surface area contributed by atoms with E-state index < -0.39 is 17.4 Å². The number of nitrogens with one attached hydrogen (secondary N) is 2. The Bertz CT molecular complexity index is 1520. The second-order valence-electron chi connectivity index (χ2n) is 8.40. The molecule has 0 unspecified atom stereocenters. The highest BCUT2D eigenvalue weighted by Crippen LogP contribution is 2.26. The summed E-state index contributed by atoms with van der Waals surface area (Å²) in [5, 5.41) is 6.22. The topological polar surface area (TPSA) is 92.6 Å². The lowest BCUT2D eigenvalue weighted by Gasteiger charge is -2.11. The molecule has 35 heavy (non-hydrogen) atoms. The first kappa shape index (κ1) is 24.6. The van der Waals surface area contributed by atoms with Crippen LogP contribution in [0.5, 0.6) is 0 Å². The number of fused-ring (bicyclic) bond motifs is 1. The molecule has 0 radical (unpaired) electrons. The lowest BCUT2D eigenvalue weighted by atomic mass is 10.1. The van der Waals surface area contributed by atoms with Gasteiger partial charge in [-0.2, -0.15) is 0 Å². The van der Waals surface area contributed by atoms with Crippen molar-refractivity contribution in [2.75, 3.05) is 10.6 Å². The van der Waals surface area contributed by atoms with Crippen LogP contribution in [0.1, 0.15) is 55.9 Å². The third-order valence-electron chi connectivity index (χ3n) is 5.70. The van der Waals surface area contributed by atoms with Crippen LogP contribution >= 0.6 is 22.9 Å². The maximum absolute atomic E-state index is 13.4. The van der Waals surface area contributed by atoms with Crippen LogP contribution in [0.25, 0.3) is 4.96 Å². The monoisotopic (exact) mass is 508 g/mol. The Morgan fingerprint density at radius 2 is 1.74 bits per heavy atom. The number of aryl methyl sites for hydroxylation is 4. The minimum Gasteiger partial charge on any atom is -0.321 e. The first-order valence-electron chi connectivity index (χ1n) is 11.2. The molecule has 2 heterocycles. The lowest BCUT2D eigenvalue weighted by molar-refractivity contribution is 0.0989. The SMILES string of the molecule is CCCc1cc(=O)n2c(C(=O)Nc3ccc(C)c(C)c3)c(C(=O)Nc3ccc(Cl)cc3C)sc2n1. The van der Waals surface area contributed by atoms with Crippen LogP contribution in [0.3, 0.4) is 0 Å². The molecule has 180 valence electrons. The van der Waals surface area contributed by atoms with Crippen LogP contribution in [-0.2, 0) is 6.42 Å². The van der Waals surface area contributed by atoms with Crippen molar-refractivity contribution in [1.82, 2.24) is 9.38 Å². The normalized spacial score (nSPS) is 11.0. The average molecular weight is 509 g/mol. The summed E-state index contributed by atoms with van der Waals surface area (Å²) >= 11 is 7.05. The zero-order chi connectivity index (χ0) is 25.3. The fraction of sp³-hybridized carbons (Fsp3) is 0.231. The Balaban J connectivity index is 1.81. The number of thiazole rings is 1. The van der Waals surface area contributed by atoms with Gasteiger partial charge in [0.15, 0.2) is 4.96 Å². The number of nitrogens with zero attached hydrogens (tertiary/aromatic N) is 2. The van der Waals surface area contributed by atoms with Crippen LogP contribution in [-0.4, -0.2) is 21.2 Å². The summed E-state index contributed by atoms with van der Waals surface area (Å²) in [4.78, 5) is 44.8.